The summed E-state index contributed by atoms with van der Waals surface area (Å²) in [4.78, 5) is 0. The zero-order valence-electron chi connectivity index (χ0n) is 5.23. The summed E-state index contributed by atoms with van der Waals surface area (Å²) in [6.07, 6.45) is 0. The average molecular weight is 222 g/mol. The molecule has 0 aliphatic heterocycles. The summed E-state index contributed by atoms with van der Waals surface area (Å²) < 4.78 is 0.815. The van der Waals surface area contributed by atoms with Gasteiger partial charge in [-0.15, -0.1) is 10.2 Å². The Balaban J connectivity index is 3.07. The van der Waals surface area contributed by atoms with Crippen LogP contribution >= 0.6 is 27.5 Å². The summed E-state index contributed by atoms with van der Waals surface area (Å²) in [6.45, 7) is 0. The van der Waals surface area contributed by atoms with Crippen molar-refractivity contribution in [3.8, 4) is 0 Å². The molecule has 1 aromatic rings. The van der Waals surface area contributed by atoms with Crippen LogP contribution in [0.4, 0.5) is 5.82 Å². The number of hydrogen-bond acceptors (Lipinski definition) is 3. The summed E-state index contributed by atoms with van der Waals surface area (Å²) in [6, 6.07) is 1.68. The molecule has 0 amide bonds. The van der Waals surface area contributed by atoms with Gasteiger partial charge in [-0.3, -0.25) is 0 Å². The highest BCUT2D eigenvalue weighted by molar-refractivity contribution is 9.10. The van der Waals surface area contributed by atoms with Gasteiger partial charge in [-0.2, -0.15) is 0 Å². The number of halogens is 2. The lowest BCUT2D eigenvalue weighted by molar-refractivity contribution is 1.02. The molecule has 1 rings (SSSR count). The SMILES string of the molecule is CNc1nnc(Cl)cc1Br. The first-order valence-electron chi connectivity index (χ1n) is 2.60. The Bertz CT molecular complexity index is 240. The number of nitrogens with one attached hydrogen (secondary N) is 1. The molecule has 5 heteroatoms. The van der Waals surface area contributed by atoms with E-state index in [1.54, 1.807) is 13.1 Å². The highest BCUT2D eigenvalue weighted by atomic mass is 79.9. The second-order valence-corrected chi connectivity index (χ2v) is 2.86. The Morgan fingerprint density at radius 1 is 1.60 bits per heavy atom. The van der Waals surface area contributed by atoms with Crippen LogP contribution in [0.25, 0.3) is 0 Å². The molecule has 0 aliphatic carbocycles. The van der Waals surface area contributed by atoms with Crippen molar-refractivity contribution in [3.63, 3.8) is 0 Å². The van der Waals surface area contributed by atoms with Gasteiger partial charge in [0.2, 0.25) is 0 Å². The van der Waals surface area contributed by atoms with Gasteiger partial charge in [-0.25, -0.2) is 0 Å². The quantitative estimate of drug-likeness (QED) is 0.789. The third-order valence-electron chi connectivity index (χ3n) is 0.954. The molecule has 1 N–H and O–H groups in total. The summed E-state index contributed by atoms with van der Waals surface area (Å²) in [5, 5.41) is 10.6. The number of hydrogen-bond donors (Lipinski definition) is 1. The van der Waals surface area contributed by atoms with Gasteiger partial charge in [0.1, 0.15) is 0 Å². The van der Waals surface area contributed by atoms with Gasteiger partial charge >= 0.3 is 0 Å². The molecule has 1 aromatic heterocycles. The molecule has 0 radical (unpaired) electrons. The fourth-order valence-corrected chi connectivity index (χ4v) is 1.29. The predicted molar refractivity (Wildman–Crippen MR) is 44.3 cm³/mol. The van der Waals surface area contributed by atoms with Crippen LogP contribution < -0.4 is 5.32 Å². The van der Waals surface area contributed by atoms with Gasteiger partial charge in [0.25, 0.3) is 0 Å². The number of aromatic nitrogens is 2. The minimum Gasteiger partial charge on any atom is -0.371 e. The van der Waals surface area contributed by atoms with Crippen molar-refractivity contribution in [1.29, 1.82) is 0 Å². The normalized spacial score (nSPS) is 9.50. The van der Waals surface area contributed by atoms with Crippen LogP contribution in [0.15, 0.2) is 10.5 Å². The smallest absolute Gasteiger partial charge is 0.162 e. The molecule has 0 fully saturated rings. The van der Waals surface area contributed by atoms with E-state index >= 15 is 0 Å². The van der Waals surface area contributed by atoms with E-state index in [-0.39, 0.29) is 0 Å². The van der Waals surface area contributed by atoms with Gasteiger partial charge in [0, 0.05) is 7.05 Å². The van der Waals surface area contributed by atoms with E-state index in [2.05, 4.69) is 31.4 Å². The standard InChI is InChI=1S/C5H5BrClN3/c1-8-5-3(6)2-4(7)9-10-5/h2H,1H3,(H,8,10). The maximum Gasteiger partial charge on any atom is 0.162 e. The van der Waals surface area contributed by atoms with Crippen LogP contribution in [0.3, 0.4) is 0 Å². The van der Waals surface area contributed by atoms with Crippen LogP contribution in [0.2, 0.25) is 5.15 Å². The van der Waals surface area contributed by atoms with Crippen molar-refractivity contribution in [3.05, 3.63) is 15.7 Å². The van der Waals surface area contributed by atoms with E-state index in [1.807, 2.05) is 0 Å². The summed E-state index contributed by atoms with van der Waals surface area (Å²) >= 11 is 8.80. The number of rotatable bonds is 1. The lowest BCUT2D eigenvalue weighted by Crippen LogP contribution is -1.95. The molecule has 0 saturated heterocycles. The van der Waals surface area contributed by atoms with E-state index in [1.165, 1.54) is 0 Å². The van der Waals surface area contributed by atoms with Gasteiger partial charge in [-0.05, 0) is 22.0 Å². The van der Waals surface area contributed by atoms with E-state index in [0.29, 0.717) is 11.0 Å². The monoisotopic (exact) mass is 221 g/mol. The fourth-order valence-electron chi connectivity index (χ4n) is 0.517. The third kappa shape index (κ3) is 1.58. The molecule has 0 atom stereocenters. The van der Waals surface area contributed by atoms with Crippen LogP contribution in [-0.2, 0) is 0 Å². The van der Waals surface area contributed by atoms with Crippen LogP contribution in [0.5, 0.6) is 0 Å². The summed E-state index contributed by atoms with van der Waals surface area (Å²) in [7, 11) is 1.77. The molecule has 0 saturated carbocycles. The first kappa shape index (κ1) is 7.75. The Morgan fingerprint density at radius 3 is 2.80 bits per heavy atom. The topological polar surface area (TPSA) is 37.8 Å². The van der Waals surface area contributed by atoms with Gasteiger partial charge in [-0.1, -0.05) is 11.6 Å². The van der Waals surface area contributed by atoms with Crippen molar-refractivity contribution in [2.45, 2.75) is 0 Å². The van der Waals surface area contributed by atoms with E-state index in [4.69, 9.17) is 11.6 Å². The zero-order valence-corrected chi connectivity index (χ0v) is 7.57. The van der Waals surface area contributed by atoms with Gasteiger partial charge in [0.05, 0.1) is 4.47 Å². The first-order chi connectivity index (χ1) is 4.74. The maximum absolute atomic E-state index is 5.54. The summed E-state index contributed by atoms with van der Waals surface area (Å²) in [5.74, 6) is 0.685. The lowest BCUT2D eigenvalue weighted by atomic mass is 10.5. The minimum absolute atomic E-state index is 0.380. The second-order valence-electron chi connectivity index (χ2n) is 1.61. The predicted octanol–water partition coefficient (Wildman–Crippen LogP) is 1.93. The van der Waals surface area contributed by atoms with Crippen molar-refractivity contribution < 1.29 is 0 Å². The fraction of sp³-hybridized carbons (Fsp3) is 0.200. The Morgan fingerprint density at radius 2 is 2.30 bits per heavy atom. The lowest BCUT2D eigenvalue weighted by Gasteiger charge is -1.98. The van der Waals surface area contributed by atoms with Gasteiger partial charge < -0.3 is 5.32 Å². The van der Waals surface area contributed by atoms with E-state index < -0.39 is 0 Å². The number of nitrogens with zero attached hydrogens (tertiary/aromatic N) is 2. The molecule has 0 aliphatic rings. The van der Waals surface area contributed by atoms with Gasteiger partial charge in [0.15, 0.2) is 11.0 Å². The molecule has 54 valence electrons. The molecule has 0 bridgehead atoms. The largest absolute Gasteiger partial charge is 0.371 e. The highest BCUT2D eigenvalue weighted by Crippen LogP contribution is 2.20. The Kier molecular flexibility index (Phi) is 2.45. The maximum atomic E-state index is 5.54. The molecule has 0 spiro atoms. The van der Waals surface area contributed by atoms with E-state index in [9.17, 15) is 0 Å². The third-order valence-corrected chi connectivity index (χ3v) is 1.74. The minimum atomic E-state index is 0.380. The van der Waals surface area contributed by atoms with Crippen molar-refractivity contribution in [2.24, 2.45) is 0 Å². The van der Waals surface area contributed by atoms with Crippen LogP contribution in [0, 0.1) is 0 Å². The Labute approximate surface area is 71.9 Å². The number of anilines is 1. The molecule has 10 heavy (non-hydrogen) atoms. The van der Waals surface area contributed by atoms with Crippen LogP contribution in [0.1, 0.15) is 0 Å². The van der Waals surface area contributed by atoms with Crippen molar-refractivity contribution >= 4 is 33.3 Å². The molecule has 0 unspecified atom stereocenters. The first-order valence-corrected chi connectivity index (χ1v) is 3.77. The molecule has 3 nitrogen and oxygen atoms in total. The summed E-state index contributed by atoms with van der Waals surface area (Å²) in [5.41, 5.74) is 0. The second kappa shape index (κ2) is 3.16. The molecule has 1 heterocycles. The van der Waals surface area contributed by atoms with Crippen molar-refractivity contribution in [1.82, 2.24) is 10.2 Å². The molecule has 0 aromatic carbocycles. The average Bonchev–Trinajstić information content (AvgIpc) is 1.88. The Hall–Kier alpha value is -0.350. The van der Waals surface area contributed by atoms with Crippen molar-refractivity contribution in [2.75, 3.05) is 12.4 Å². The highest BCUT2D eigenvalue weighted by Gasteiger charge is 1.99. The molecular formula is C5H5BrClN3. The van der Waals surface area contributed by atoms with Crippen LogP contribution in [-0.4, -0.2) is 17.2 Å². The molecular weight excluding hydrogens is 217 g/mol. The van der Waals surface area contributed by atoms with E-state index in [0.717, 1.165) is 4.47 Å². The zero-order chi connectivity index (χ0) is 7.56.